The molecule has 3 atom stereocenters. The molecule has 22 heavy (non-hydrogen) atoms. The normalized spacial score (nSPS) is 25.9. The van der Waals surface area contributed by atoms with Crippen LogP contribution < -0.4 is 10.1 Å². The molecule has 2 aliphatic rings. The summed E-state index contributed by atoms with van der Waals surface area (Å²) in [5, 5.41) is 12.3. The van der Waals surface area contributed by atoms with Gasteiger partial charge in [-0.25, -0.2) is 0 Å². The molecule has 0 aliphatic carbocycles. The summed E-state index contributed by atoms with van der Waals surface area (Å²) in [6.07, 6.45) is 5.15. The Morgan fingerprint density at radius 3 is 3.05 bits per heavy atom. The van der Waals surface area contributed by atoms with Gasteiger partial charge in [-0.3, -0.25) is 4.79 Å². The van der Waals surface area contributed by atoms with Crippen molar-refractivity contribution >= 4 is 21.8 Å². The standard InChI is InChI=1S/C16H18BrN3O2/c1-2-22-15-7-10(3-5-12(15)17)16(21)19-13-8-11-4-6-14(13)20(11)9-18/h3,5,7,11,13-14H,2,4,6,8H2,1H3,(H,19,21)/t11-,13+,14+/m0/s1. The van der Waals surface area contributed by atoms with Crippen LogP contribution in [0, 0.1) is 11.5 Å². The monoisotopic (exact) mass is 363 g/mol. The second kappa shape index (κ2) is 6.17. The largest absolute Gasteiger partial charge is 0.493 e. The van der Waals surface area contributed by atoms with Crippen LogP contribution in [-0.2, 0) is 0 Å². The van der Waals surface area contributed by atoms with Gasteiger partial charge in [-0.1, -0.05) is 0 Å². The molecular weight excluding hydrogens is 346 g/mol. The molecule has 3 rings (SSSR count). The SMILES string of the molecule is CCOc1cc(C(=O)N[C@@H]2C[C@@H]3CC[C@H]2N3C#N)ccc1Br. The Hall–Kier alpha value is -1.74. The van der Waals surface area contributed by atoms with E-state index in [1.54, 1.807) is 12.1 Å². The molecule has 1 amide bonds. The van der Waals surface area contributed by atoms with Crippen LogP contribution in [0.5, 0.6) is 5.75 Å². The van der Waals surface area contributed by atoms with Crippen LogP contribution in [0.25, 0.3) is 0 Å². The van der Waals surface area contributed by atoms with E-state index < -0.39 is 0 Å². The maximum atomic E-state index is 12.5. The van der Waals surface area contributed by atoms with Crippen molar-refractivity contribution in [1.29, 1.82) is 5.26 Å². The number of carbonyl (C=O) groups is 1. The summed E-state index contributed by atoms with van der Waals surface area (Å²) in [6.45, 7) is 2.46. The molecular formula is C16H18BrN3O2. The minimum Gasteiger partial charge on any atom is -0.493 e. The molecule has 1 aromatic carbocycles. The summed E-state index contributed by atoms with van der Waals surface area (Å²) in [6, 6.07) is 5.85. The van der Waals surface area contributed by atoms with Crippen molar-refractivity contribution in [1.82, 2.24) is 10.2 Å². The Bertz CT molecular complexity index is 628. The van der Waals surface area contributed by atoms with Gasteiger partial charge in [-0.15, -0.1) is 0 Å². The highest BCUT2D eigenvalue weighted by molar-refractivity contribution is 9.10. The van der Waals surface area contributed by atoms with Crippen LogP contribution in [0.3, 0.4) is 0 Å². The molecule has 5 nitrogen and oxygen atoms in total. The number of benzene rings is 1. The molecule has 2 bridgehead atoms. The third kappa shape index (κ3) is 2.66. The van der Waals surface area contributed by atoms with Crippen molar-refractivity contribution in [3.8, 4) is 11.9 Å². The van der Waals surface area contributed by atoms with Crippen LogP contribution in [0.15, 0.2) is 22.7 Å². The average Bonchev–Trinajstić information content (AvgIpc) is 3.06. The highest BCUT2D eigenvalue weighted by Crippen LogP contribution is 2.37. The van der Waals surface area contributed by atoms with Gasteiger partial charge in [-0.05, 0) is 60.3 Å². The van der Waals surface area contributed by atoms with Crippen molar-refractivity contribution in [2.24, 2.45) is 0 Å². The molecule has 0 radical (unpaired) electrons. The third-order valence-electron chi connectivity index (χ3n) is 4.46. The predicted molar refractivity (Wildman–Crippen MR) is 85.4 cm³/mol. The summed E-state index contributed by atoms with van der Waals surface area (Å²) in [5.74, 6) is 0.561. The van der Waals surface area contributed by atoms with Gasteiger partial charge < -0.3 is 15.0 Å². The van der Waals surface area contributed by atoms with Crippen molar-refractivity contribution in [3.05, 3.63) is 28.2 Å². The molecule has 6 heteroatoms. The van der Waals surface area contributed by atoms with Crippen molar-refractivity contribution in [3.63, 3.8) is 0 Å². The van der Waals surface area contributed by atoms with Gasteiger partial charge in [0, 0.05) is 11.6 Å². The second-order valence-corrected chi connectivity index (χ2v) is 6.55. The lowest BCUT2D eigenvalue weighted by molar-refractivity contribution is 0.0928. The number of fused-ring (bicyclic) bond motifs is 2. The number of nitriles is 1. The summed E-state index contributed by atoms with van der Waals surface area (Å²) in [5.41, 5.74) is 0.581. The second-order valence-electron chi connectivity index (χ2n) is 5.70. The Labute approximate surface area is 138 Å². The van der Waals surface area contributed by atoms with Crippen molar-refractivity contribution in [2.75, 3.05) is 6.61 Å². The smallest absolute Gasteiger partial charge is 0.251 e. The van der Waals surface area contributed by atoms with E-state index in [0.29, 0.717) is 24.0 Å². The Morgan fingerprint density at radius 1 is 1.55 bits per heavy atom. The Morgan fingerprint density at radius 2 is 2.36 bits per heavy atom. The molecule has 0 spiro atoms. The number of amides is 1. The number of ether oxygens (including phenoxy) is 1. The summed E-state index contributed by atoms with van der Waals surface area (Å²) in [4.78, 5) is 14.3. The zero-order valence-corrected chi connectivity index (χ0v) is 14.0. The first-order valence-corrected chi connectivity index (χ1v) is 8.34. The average molecular weight is 364 g/mol. The van der Waals surface area contributed by atoms with Gasteiger partial charge in [-0.2, -0.15) is 5.26 Å². The van der Waals surface area contributed by atoms with Crippen LogP contribution in [-0.4, -0.2) is 35.5 Å². The summed E-state index contributed by atoms with van der Waals surface area (Å²) >= 11 is 3.41. The quantitative estimate of drug-likeness (QED) is 0.835. The molecule has 2 heterocycles. The zero-order chi connectivity index (χ0) is 15.7. The molecule has 0 unspecified atom stereocenters. The molecule has 2 fully saturated rings. The predicted octanol–water partition coefficient (Wildman–Crippen LogP) is 2.66. The molecule has 1 aromatic rings. The maximum absolute atomic E-state index is 12.5. The number of nitrogens with zero attached hydrogens (tertiary/aromatic N) is 2. The molecule has 0 aromatic heterocycles. The van der Waals surface area contributed by atoms with Crippen molar-refractivity contribution in [2.45, 2.75) is 44.3 Å². The lowest BCUT2D eigenvalue weighted by atomic mass is 9.95. The zero-order valence-electron chi connectivity index (χ0n) is 12.4. The van der Waals surface area contributed by atoms with Crippen LogP contribution in [0.2, 0.25) is 0 Å². The van der Waals surface area contributed by atoms with Crippen LogP contribution in [0.1, 0.15) is 36.5 Å². The van der Waals surface area contributed by atoms with Crippen LogP contribution >= 0.6 is 15.9 Å². The Balaban J connectivity index is 1.71. The van der Waals surface area contributed by atoms with E-state index in [2.05, 4.69) is 27.4 Å². The summed E-state index contributed by atoms with van der Waals surface area (Å²) in [7, 11) is 0. The number of rotatable bonds is 4. The molecule has 0 saturated carbocycles. The number of hydrogen-bond acceptors (Lipinski definition) is 4. The van der Waals surface area contributed by atoms with E-state index in [4.69, 9.17) is 4.74 Å². The topological polar surface area (TPSA) is 65.4 Å². The third-order valence-corrected chi connectivity index (χ3v) is 5.12. The van der Waals surface area contributed by atoms with E-state index in [-0.39, 0.29) is 18.0 Å². The number of hydrogen-bond donors (Lipinski definition) is 1. The van der Waals surface area contributed by atoms with E-state index >= 15 is 0 Å². The van der Waals surface area contributed by atoms with E-state index in [0.717, 1.165) is 23.7 Å². The lowest BCUT2D eigenvalue weighted by Crippen LogP contribution is -2.43. The summed E-state index contributed by atoms with van der Waals surface area (Å²) < 4.78 is 6.34. The number of nitrogens with one attached hydrogen (secondary N) is 1. The maximum Gasteiger partial charge on any atom is 0.251 e. The lowest BCUT2D eigenvalue weighted by Gasteiger charge is -2.22. The highest BCUT2D eigenvalue weighted by Gasteiger charge is 2.46. The van der Waals surface area contributed by atoms with Gasteiger partial charge in [0.1, 0.15) is 5.75 Å². The first kappa shape index (κ1) is 15.2. The van der Waals surface area contributed by atoms with Gasteiger partial charge in [0.15, 0.2) is 6.19 Å². The first-order valence-electron chi connectivity index (χ1n) is 7.55. The Kier molecular flexibility index (Phi) is 4.25. The van der Waals surface area contributed by atoms with Gasteiger partial charge in [0.2, 0.25) is 0 Å². The number of carbonyl (C=O) groups excluding carboxylic acids is 1. The fourth-order valence-corrected chi connectivity index (χ4v) is 3.82. The van der Waals surface area contributed by atoms with E-state index in [1.807, 2.05) is 17.9 Å². The molecule has 2 aliphatic heterocycles. The van der Waals surface area contributed by atoms with Crippen molar-refractivity contribution < 1.29 is 9.53 Å². The van der Waals surface area contributed by atoms with Gasteiger partial charge >= 0.3 is 0 Å². The highest BCUT2D eigenvalue weighted by atomic mass is 79.9. The fourth-order valence-electron chi connectivity index (χ4n) is 3.46. The van der Waals surface area contributed by atoms with E-state index in [1.165, 1.54) is 0 Å². The minimum atomic E-state index is -0.108. The van der Waals surface area contributed by atoms with Gasteiger partial charge in [0.05, 0.1) is 23.2 Å². The molecule has 116 valence electrons. The van der Waals surface area contributed by atoms with Crippen LogP contribution in [0.4, 0.5) is 0 Å². The number of halogens is 1. The fraction of sp³-hybridized carbons (Fsp3) is 0.500. The van der Waals surface area contributed by atoms with Gasteiger partial charge in [0.25, 0.3) is 5.91 Å². The molecule has 2 saturated heterocycles. The minimum absolute atomic E-state index is 0.0603. The van der Waals surface area contributed by atoms with E-state index in [9.17, 15) is 10.1 Å². The first-order chi connectivity index (χ1) is 10.6. The molecule has 1 N–H and O–H groups in total.